The van der Waals surface area contributed by atoms with Gasteiger partial charge in [-0.1, -0.05) is 6.07 Å². The van der Waals surface area contributed by atoms with Crippen LogP contribution < -0.4 is 10.6 Å². The number of thiazole rings is 1. The monoisotopic (exact) mass is 285 g/mol. The summed E-state index contributed by atoms with van der Waals surface area (Å²) < 4.78 is 0. The fourth-order valence-corrected chi connectivity index (χ4v) is 2.64. The Morgan fingerprint density at radius 1 is 1.45 bits per heavy atom. The van der Waals surface area contributed by atoms with Crippen LogP contribution in [0.4, 0.5) is 0 Å². The molecule has 6 heteroatoms. The number of hydrogen-bond donors (Lipinski definition) is 2. The molecule has 102 valence electrons. The molecule has 2 aromatic rings. The Labute approximate surface area is 121 Å². The fourth-order valence-electron chi connectivity index (χ4n) is 1.84. The van der Waals surface area contributed by atoms with Crippen LogP contribution in [0.15, 0.2) is 41.1 Å². The van der Waals surface area contributed by atoms with E-state index < -0.39 is 0 Å². The summed E-state index contributed by atoms with van der Waals surface area (Å²) in [5, 5.41) is 9.51. The number of rotatable bonds is 3. The van der Waals surface area contributed by atoms with Crippen molar-refractivity contribution in [1.29, 1.82) is 0 Å². The van der Waals surface area contributed by atoms with Crippen molar-refractivity contribution in [3.05, 3.63) is 52.4 Å². The van der Waals surface area contributed by atoms with Gasteiger partial charge in [-0.2, -0.15) is 0 Å². The van der Waals surface area contributed by atoms with Crippen LogP contribution in [-0.4, -0.2) is 22.5 Å². The Morgan fingerprint density at radius 2 is 2.40 bits per heavy atom. The summed E-state index contributed by atoms with van der Waals surface area (Å²) >= 11 is 1.65. The highest BCUT2D eigenvalue weighted by molar-refractivity contribution is 7.10. The van der Waals surface area contributed by atoms with Crippen LogP contribution in [0.3, 0.4) is 0 Å². The van der Waals surface area contributed by atoms with Crippen molar-refractivity contribution in [3.63, 3.8) is 0 Å². The number of aliphatic imine (C=N–C) groups is 1. The first-order chi connectivity index (χ1) is 9.81. The van der Waals surface area contributed by atoms with Crippen molar-refractivity contribution in [1.82, 2.24) is 20.6 Å². The summed E-state index contributed by atoms with van der Waals surface area (Å²) in [6.45, 7) is 3.36. The largest absolute Gasteiger partial charge is 0.352 e. The van der Waals surface area contributed by atoms with E-state index in [1.165, 1.54) is 0 Å². The molecule has 0 spiro atoms. The van der Waals surface area contributed by atoms with Gasteiger partial charge in [0.25, 0.3) is 0 Å². The van der Waals surface area contributed by atoms with Crippen LogP contribution in [0.1, 0.15) is 16.3 Å². The lowest BCUT2D eigenvalue weighted by molar-refractivity contribution is 0.860. The van der Waals surface area contributed by atoms with E-state index in [0.29, 0.717) is 13.1 Å². The molecule has 0 unspecified atom stereocenters. The molecule has 1 aliphatic rings. The van der Waals surface area contributed by atoms with Crippen LogP contribution >= 0.6 is 11.3 Å². The predicted octanol–water partition coefficient (Wildman–Crippen LogP) is 1.94. The van der Waals surface area contributed by atoms with Crippen molar-refractivity contribution in [2.45, 2.75) is 13.5 Å². The second-order valence-corrected chi connectivity index (χ2v) is 5.35. The van der Waals surface area contributed by atoms with E-state index in [0.717, 1.165) is 27.8 Å². The maximum Gasteiger partial charge on any atom is 0.195 e. The van der Waals surface area contributed by atoms with Crippen LogP contribution in [0.5, 0.6) is 0 Å². The average molecular weight is 285 g/mol. The van der Waals surface area contributed by atoms with E-state index in [-0.39, 0.29) is 0 Å². The minimum Gasteiger partial charge on any atom is -0.352 e. The Hall–Kier alpha value is -2.21. The Morgan fingerprint density at radius 3 is 3.05 bits per heavy atom. The molecule has 0 amide bonds. The second kappa shape index (κ2) is 5.83. The van der Waals surface area contributed by atoms with Crippen molar-refractivity contribution >= 4 is 22.9 Å². The zero-order valence-corrected chi connectivity index (χ0v) is 11.9. The number of hydrogen-bond acceptors (Lipinski definition) is 6. The second-order valence-electron chi connectivity index (χ2n) is 4.49. The van der Waals surface area contributed by atoms with Crippen molar-refractivity contribution in [3.8, 4) is 0 Å². The summed E-state index contributed by atoms with van der Waals surface area (Å²) in [6.07, 6.45) is 5.58. The van der Waals surface area contributed by atoms with Gasteiger partial charge in [0.2, 0.25) is 0 Å². The fraction of sp³-hybridized carbons (Fsp3) is 0.214. The van der Waals surface area contributed by atoms with Crippen LogP contribution in [-0.2, 0) is 6.54 Å². The molecule has 3 heterocycles. The van der Waals surface area contributed by atoms with Gasteiger partial charge in [0.15, 0.2) is 5.96 Å². The van der Waals surface area contributed by atoms with E-state index in [9.17, 15) is 0 Å². The zero-order valence-electron chi connectivity index (χ0n) is 11.1. The summed E-state index contributed by atoms with van der Waals surface area (Å²) in [7, 11) is 0. The lowest BCUT2D eigenvalue weighted by atomic mass is 10.3. The SMILES string of the molecule is Cc1csc(C2=CNC(NCc3cccnc3)=NC2)n1. The summed E-state index contributed by atoms with van der Waals surface area (Å²) in [4.78, 5) is 13.0. The van der Waals surface area contributed by atoms with Crippen molar-refractivity contribution in [2.24, 2.45) is 4.99 Å². The van der Waals surface area contributed by atoms with E-state index >= 15 is 0 Å². The molecule has 1 aliphatic heterocycles. The van der Waals surface area contributed by atoms with Gasteiger partial charge in [-0.25, -0.2) is 9.98 Å². The molecule has 0 radical (unpaired) electrons. The minimum absolute atomic E-state index is 0.648. The first kappa shape index (κ1) is 12.8. The molecule has 0 aromatic carbocycles. The molecular weight excluding hydrogens is 270 g/mol. The van der Waals surface area contributed by atoms with Gasteiger partial charge >= 0.3 is 0 Å². The van der Waals surface area contributed by atoms with Gasteiger partial charge in [0, 0.05) is 41.8 Å². The first-order valence-electron chi connectivity index (χ1n) is 6.36. The topological polar surface area (TPSA) is 62.2 Å². The lowest BCUT2D eigenvalue weighted by Crippen LogP contribution is -2.36. The highest BCUT2D eigenvalue weighted by Gasteiger charge is 2.10. The number of nitrogens with zero attached hydrogens (tertiary/aromatic N) is 3. The van der Waals surface area contributed by atoms with Crippen LogP contribution in [0.2, 0.25) is 0 Å². The molecule has 0 saturated carbocycles. The van der Waals surface area contributed by atoms with Crippen LogP contribution in [0, 0.1) is 6.92 Å². The quantitative estimate of drug-likeness (QED) is 0.904. The molecule has 0 fully saturated rings. The van der Waals surface area contributed by atoms with Crippen LogP contribution in [0.25, 0.3) is 5.57 Å². The smallest absolute Gasteiger partial charge is 0.195 e. The van der Waals surface area contributed by atoms with Gasteiger partial charge in [-0.05, 0) is 18.6 Å². The van der Waals surface area contributed by atoms with Gasteiger partial charge < -0.3 is 10.6 Å². The molecule has 3 rings (SSSR count). The third kappa shape index (κ3) is 3.03. The maximum atomic E-state index is 4.48. The number of aryl methyl sites for hydroxylation is 1. The first-order valence-corrected chi connectivity index (χ1v) is 7.24. The molecule has 20 heavy (non-hydrogen) atoms. The highest BCUT2D eigenvalue weighted by Crippen LogP contribution is 2.20. The van der Waals surface area contributed by atoms with Gasteiger partial charge in [0.1, 0.15) is 5.01 Å². The number of nitrogens with one attached hydrogen (secondary N) is 2. The molecule has 5 nitrogen and oxygen atoms in total. The van der Waals surface area contributed by atoms with E-state index in [1.54, 1.807) is 17.5 Å². The Balaban J connectivity index is 1.56. The molecule has 2 aromatic heterocycles. The minimum atomic E-state index is 0.648. The van der Waals surface area contributed by atoms with Crippen molar-refractivity contribution < 1.29 is 0 Å². The molecule has 0 atom stereocenters. The summed E-state index contributed by atoms with van der Waals surface area (Å²) in [5.41, 5.74) is 3.30. The van der Waals surface area contributed by atoms with Crippen molar-refractivity contribution in [2.75, 3.05) is 6.54 Å². The zero-order chi connectivity index (χ0) is 13.8. The average Bonchev–Trinajstić information content (AvgIpc) is 2.93. The summed E-state index contributed by atoms with van der Waals surface area (Å²) in [6, 6.07) is 3.96. The predicted molar refractivity (Wildman–Crippen MR) is 81.3 cm³/mol. The summed E-state index contributed by atoms with van der Waals surface area (Å²) in [5.74, 6) is 0.783. The Bertz CT molecular complexity index is 645. The third-order valence-corrected chi connectivity index (χ3v) is 3.90. The van der Waals surface area contributed by atoms with Gasteiger partial charge in [0.05, 0.1) is 6.54 Å². The van der Waals surface area contributed by atoms with E-state index in [4.69, 9.17) is 0 Å². The van der Waals surface area contributed by atoms with Gasteiger partial charge in [-0.3, -0.25) is 4.98 Å². The molecule has 2 N–H and O–H groups in total. The molecule has 0 bridgehead atoms. The molecule has 0 aliphatic carbocycles. The number of pyridine rings is 1. The molecule has 0 saturated heterocycles. The maximum absolute atomic E-state index is 4.48. The van der Waals surface area contributed by atoms with E-state index in [1.807, 2.05) is 31.5 Å². The highest BCUT2D eigenvalue weighted by atomic mass is 32.1. The Kier molecular flexibility index (Phi) is 3.73. The van der Waals surface area contributed by atoms with E-state index in [2.05, 4.69) is 31.0 Å². The third-order valence-electron chi connectivity index (χ3n) is 2.87. The normalized spacial score (nSPS) is 14.2. The molecular formula is C14H15N5S. The standard InChI is InChI=1S/C14H15N5S/c1-10-9-20-13(19-10)12-7-17-14(18-8-12)16-6-11-3-2-4-15-5-11/h2-5,7,9H,6,8H2,1H3,(H2,16,17,18). The number of aromatic nitrogens is 2. The van der Waals surface area contributed by atoms with Gasteiger partial charge in [-0.15, -0.1) is 11.3 Å². The lowest BCUT2D eigenvalue weighted by Gasteiger charge is -2.15. The number of guanidine groups is 1.